The van der Waals surface area contributed by atoms with Crippen LogP contribution in [0.25, 0.3) is 0 Å². The predicted octanol–water partition coefficient (Wildman–Crippen LogP) is 0.765. The van der Waals surface area contributed by atoms with Crippen LogP contribution in [-0.4, -0.2) is 25.7 Å². The third-order valence-corrected chi connectivity index (χ3v) is 2.33. The molecule has 72 valence electrons. The Morgan fingerprint density at radius 1 is 1.29 bits per heavy atom. The zero-order valence-corrected chi connectivity index (χ0v) is 7.62. The Labute approximate surface area is 81.6 Å². The number of amidine groups is 1. The average Bonchev–Trinajstić information content (AvgIpc) is 2.88. The van der Waals surface area contributed by atoms with Gasteiger partial charge in [0.15, 0.2) is 11.5 Å². The number of fused-ring (bicyclic) bond motifs is 1. The number of benzene rings is 1. The van der Waals surface area contributed by atoms with Crippen LogP contribution in [0.2, 0.25) is 0 Å². The lowest BCUT2D eigenvalue weighted by Gasteiger charge is -2.05. The summed E-state index contributed by atoms with van der Waals surface area (Å²) in [7, 11) is 0. The maximum Gasteiger partial charge on any atom is 0.231 e. The van der Waals surface area contributed by atoms with E-state index in [4.69, 9.17) is 9.47 Å². The zero-order valence-electron chi connectivity index (χ0n) is 7.62. The molecule has 1 N–H and O–H groups in total. The Hall–Kier alpha value is -1.71. The summed E-state index contributed by atoms with van der Waals surface area (Å²) in [6.45, 7) is 2.04. The number of para-hydroxylation sites is 1. The van der Waals surface area contributed by atoms with Crippen molar-refractivity contribution in [3.05, 3.63) is 23.8 Å². The van der Waals surface area contributed by atoms with Crippen molar-refractivity contribution in [1.29, 1.82) is 0 Å². The molecule has 1 aromatic carbocycles. The lowest BCUT2D eigenvalue weighted by Crippen LogP contribution is -2.19. The second-order valence-electron chi connectivity index (χ2n) is 3.20. The van der Waals surface area contributed by atoms with Gasteiger partial charge in [0.25, 0.3) is 0 Å². The molecule has 0 saturated heterocycles. The number of nitrogens with one attached hydrogen (secondary N) is 1. The second kappa shape index (κ2) is 2.90. The number of hydrogen-bond acceptors (Lipinski definition) is 4. The van der Waals surface area contributed by atoms with Gasteiger partial charge >= 0.3 is 0 Å². The number of hydrogen-bond donors (Lipinski definition) is 1. The van der Waals surface area contributed by atoms with E-state index in [0.717, 1.165) is 36.0 Å². The fourth-order valence-electron chi connectivity index (χ4n) is 1.70. The molecule has 2 heterocycles. The maximum atomic E-state index is 5.40. The van der Waals surface area contributed by atoms with E-state index in [-0.39, 0.29) is 0 Å². The van der Waals surface area contributed by atoms with Crippen molar-refractivity contribution in [2.24, 2.45) is 4.99 Å². The van der Waals surface area contributed by atoms with Crippen molar-refractivity contribution in [2.75, 3.05) is 19.9 Å². The number of nitrogens with zero attached hydrogens (tertiary/aromatic N) is 1. The summed E-state index contributed by atoms with van der Waals surface area (Å²) >= 11 is 0. The minimum Gasteiger partial charge on any atom is -0.454 e. The molecule has 2 aliphatic rings. The summed E-state index contributed by atoms with van der Waals surface area (Å²) in [4.78, 5) is 4.35. The van der Waals surface area contributed by atoms with Crippen molar-refractivity contribution >= 4 is 5.84 Å². The highest BCUT2D eigenvalue weighted by Gasteiger charge is 2.21. The average molecular weight is 190 g/mol. The van der Waals surface area contributed by atoms with Crippen LogP contribution < -0.4 is 14.8 Å². The SMILES string of the molecule is c1cc2c(c(C3=NCCN3)c1)OCO2. The molecule has 0 radical (unpaired) electrons. The van der Waals surface area contributed by atoms with Crippen molar-refractivity contribution in [1.82, 2.24) is 5.32 Å². The third kappa shape index (κ3) is 1.04. The Morgan fingerprint density at radius 2 is 2.29 bits per heavy atom. The highest BCUT2D eigenvalue weighted by atomic mass is 16.7. The topological polar surface area (TPSA) is 42.9 Å². The third-order valence-electron chi connectivity index (χ3n) is 2.33. The standard InChI is InChI=1S/C10H10N2O2/c1-2-7(10-11-4-5-12-10)9-8(3-1)13-6-14-9/h1-3H,4-6H2,(H,11,12). The summed E-state index contributed by atoms with van der Waals surface area (Å²) in [6, 6.07) is 5.84. The molecule has 1 aromatic rings. The quantitative estimate of drug-likeness (QED) is 0.711. The van der Waals surface area contributed by atoms with Crippen molar-refractivity contribution in [2.45, 2.75) is 0 Å². The summed E-state index contributed by atoms with van der Waals surface area (Å²) in [5.74, 6) is 2.52. The summed E-state index contributed by atoms with van der Waals surface area (Å²) in [5, 5.41) is 3.22. The molecule has 0 atom stereocenters. The van der Waals surface area contributed by atoms with E-state index < -0.39 is 0 Å². The highest BCUT2D eigenvalue weighted by Crippen LogP contribution is 2.35. The molecule has 2 aliphatic heterocycles. The van der Waals surface area contributed by atoms with Crippen molar-refractivity contribution < 1.29 is 9.47 Å². The van der Waals surface area contributed by atoms with Gasteiger partial charge in [-0.2, -0.15) is 0 Å². The van der Waals surface area contributed by atoms with Crippen LogP contribution in [0.15, 0.2) is 23.2 Å². The van der Waals surface area contributed by atoms with Gasteiger partial charge in [0.1, 0.15) is 5.84 Å². The largest absolute Gasteiger partial charge is 0.454 e. The molecule has 14 heavy (non-hydrogen) atoms. The molecule has 0 fully saturated rings. The smallest absolute Gasteiger partial charge is 0.231 e. The molecule has 0 spiro atoms. The van der Waals surface area contributed by atoms with Crippen LogP contribution in [-0.2, 0) is 0 Å². The van der Waals surface area contributed by atoms with Crippen LogP contribution in [0, 0.1) is 0 Å². The van der Waals surface area contributed by atoms with Gasteiger partial charge in [-0.05, 0) is 12.1 Å². The van der Waals surface area contributed by atoms with Crippen LogP contribution in [0.5, 0.6) is 11.5 Å². The van der Waals surface area contributed by atoms with Gasteiger partial charge < -0.3 is 14.8 Å². The van der Waals surface area contributed by atoms with E-state index in [1.165, 1.54) is 0 Å². The van der Waals surface area contributed by atoms with Gasteiger partial charge in [0, 0.05) is 6.54 Å². The first-order valence-corrected chi connectivity index (χ1v) is 4.62. The van der Waals surface area contributed by atoms with Crippen molar-refractivity contribution in [3.63, 3.8) is 0 Å². The first-order valence-electron chi connectivity index (χ1n) is 4.62. The lowest BCUT2D eigenvalue weighted by molar-refractivity contribution is 0.174. The molecular formula is C10H10N2O2. The molecule has 0 bridgehead atoms. The monoisotopic (exact) mass is 190 g/mol. The molecule has 4 nitrogen and oxygen atoms in total. The molecule has 0 amide bonds. The minimum absolute atomic E-state index is 0.305. The Kier molecular flexibility index (Phi) is 1.59. The number of rotatable bonds is 1. The molecule has 3 rings (SSSR count). The fourth-order valence-corrected chi connectivity index (χ4v) is 1.70. The molecule has 4 heteroatoms. The van der Waals surface area contributed by atoms with Crippen LogP contribution in [0.4, 0.5) is 0 Å². The Morgan fingerprint density at radius 3 is 3.14 bits per heavy atom. The molecule has 0 unspecified atom stereocenters. The van der Waals surface area contributed by atoms with Gasteiger partial charge in [-0.3, -0.25) is 4.99 Å². The fraction of sp³-hybridized carbons (Fsp3) is 0.300. The Balaban J connectivity index is 2.09. The van der Waals surface area contributed by atoms with Crippen LogP contribution >= 0.6 is 0 Å². The number of aliphatic imine (C=N–C) groups is 1. The minimum atomic E-state index is 0.305. The summed E-state index contributed by atoms with van der Waals surface area (Å²) in [6.07, 6.45) is 0. The van der Waals surface area contributed by atoms with Gasteiger partial charge in [-0.25, -0.2) is 0 Å². The molecular weight excluding hydrogens is 180 g/mol. The van der Waals surface area contributed by atoms with Crippen LogP contribution in [0.3, 0.4) is 0 Å². The summed E-state index contributed by atoms with van der Waals surface area (Å²) in [5.41, 5.74) is 0.998. The second-order valence-corrected chi connectivity index (χ2v) is 3.20. The van der Waals surface area contributed by atoms with E-state index in [2.05, 4.69) is 10.3 Å². The normalized spacial score (nSPS) is 17.9. The van der Waals surface area contributed by atoms with Crippen LogP contribution in [0.1, 0.15) is 5.56 Å². The van der Waals surface area contributed by atoms with Gasteiger partial charge in [-0.15, -0.1) is 0 Å². The predicted molar refractivity (Wildman–Crippen MR) is 52.0 cm³/mol. The first-order chi connectivity index (χ1) is 6.95. The van der Waals surface area contributed by atoms with E-state index in [9.17, 15) is 0 Å². The lowest BCUT2D eigenvalue weighted by atomic mass is 10.1. The highest BCUT2D eigenvalue weighted by molar-refractivity contribution is 6.02. The summed E-state index contributed by atoms with van der Waals surface area (Å²) < 4.78 is 10.7. The maximum absolute atomic E-state index is 5.40. The zero-order chi connectivity index (χ0) is 9.38. The van der Waals surface area contributed by atoms with E-state index in [0.29, 0.717) is 6.79 Å². The molecule has 0 saturated carbocycles. The van der Waals surface area contributed by atoms with E-state index >= 15 is 0 Å². The van der Waals surface area contributed by atoms with Gasteiger partial charge in [-0.1, -0.05) is 6.07 Å². The molecule has 0 aromatic heterocycles. The number of ether oxygens (including phenoxy) is 2. The van der Waals surface area contributed by atoms with Crippen molar-refractivity contribution in [3.8, 4) is 11.5 Å². The molecule has 0 aliphatic carbocycles. The first kappa shape index (κ1) is 7.67. The van der Waals surface area contributed by atoms with Gasteiger partial charge in [0.05, 0.1) is 12.1 Å². The van der Waals surface area contributed by atoms with E-state index in [1.54, 1.807) is 0 Å². The Bertz CT molecular complexity index is 401. The van der Waals surface area contributed by atoms with E-state index in [1.807, 2.05) is 18.2 Å². The van der Waals surface area contributed by atoms with Gasteiger partial charge in [0.2, 0.25) is 6.79 Å².